The molecule has 0 saturated carbocycles. The Bertz CT molecular complexity index is 774. The van der Waals surface area contributed by atoms with Crippen LogP contribution >= 0.6 is 0 Å². The molecule has 0 heterocycles. The molecule has 0 saturated heterocycles. The number of hydrogen-bond donors (Lipinski definition) is 2. The summed E-state index contributed by atoms with van der Waals surface area (Å²) in [6.45, 7) is 0.954. The molecular formula is C18H22O20-6. The van der Waals surface area contributed by atoms with E-state index in [-0.39, 0.29) is 31.3 Å². The van der Waals surface area contributed by atoms with Gasteiger partial charge in [-0.05, 0) is 6.92 Å². The predicted molar refractivity (Wildman–Crippen MR) is 97.8 cm³/mol. The van der Waals surface area contributed by atoms with Gasteiger partial charge in [0.2, 0.25) is 0 Å². The van der Waals surface area contributed by atoms with E-state index in [9.17, 15) is 69.0 Å². The molecule has 0 aliphatic heterocycles. The second-order valence-electron chi connectivity index (χ2n) is 5.49. The van der Waals surface area contributed by atoms with Gasteiger partial charge in [-0.15, -0.1) is 0 Å². The van der Waals surface area contributed by atoms with Gasteiger partial charge < -0.3 is 75.1 Å². The number of carbonyl (C=O) groups excluding carboxylic acids is 10. The average molecular weight is 558 g/mol. The highest BCUT2D eigenvalue weighted by Gasteiger charge is 2.29. The van der Waals surface area contributed by atoms with Crippen LogP contribution in [0.5, 0.6) is 0 Å². The maximum Gasteiger partial charge on any atom is 0.373 e. The molecular weight excluding hydrogens is 536 g/mol. The number of Topliss-reactive ketones (excluding diaryl/α,β-unsaturated/α-hetero) is 2. The fourth-order valence-corrected chi connectivity index (χ4v) is 1.27. The number of ketones is 2. The molecule has 0 bridgehead atoms. The largest absolute Gasteiger partial charge is 0.550 e. The molecule has 0 atom stereocenters. The van der Waals surface area contributed by atoms with Gasteiger partial charge in [0.25, 0.3) is 6.47 Å². The van der Waals surface area contributed by atoms with E-state index in [0.717, 1.165) is 0 Å². The van der Waals surface area contributed by atoms with Crippen LogP contribution in [0, 0.1) is 0 Å². The van der Waals surface area contributed by atoms with Gasteiger partial charge in [-0.1, -0.05) is 7.43 Å². The molecule has 0 rings (SSSR count). The molecule has 4 N–H and O–H groups in total. The Morgan fingerprint density at radius 1 is 0.711 bits per heavy atom. The number of hydrogen-bond acceptors (Lipinski definition) is 18. The third-order valence-corrected chi connectivity index (χ3v) is 2.33. The number of rotatable bonds is 11. The lowest BCUT2D eigenvalue weighted by molar-refractivity contribution is -0.339. The maximum absolute atomic E-state index is 10.2. The first-order valence-corrected chi connectivity index (χ1v) is 8.27. The molecule has 0 fully saturated rings. The summed E-state index contributed by atoms with van der Waals surface area (Å²) in [4.78, 5) is 103. The van der Waals surface area contributed by atoms with Gasteiger partial charge in [0.05, 0.1) is 5.97 Å². The first-order valence-electron chi connectivity index (χ1n) is 8.27. The van der Waals surface area contributed by atoms with E-state index in [1.807, 2.05) is 0 Å². The Balaban J connectivity index is -0.0000000688. The van der Waals surface area contributed by atoms with Crippen molar-refractivity contribution in [2.24, 2.45) is 0 Å². The van der Waals surface area contributed by atoms with Crippen LogP contribution in [0.1, 0.15) is 46.5 Å². The standard InChI is InChI=1S/C6H8O7.C5H6O5.C4H6O3.CH2O2.CO2.CH4.H2O/c7-3(8)1-6(13,5(11)12)2-4(9)10;6-3(1-4(7)8)2-5(9)10;1-3(5)2-4(6)7;2*2-1-3;;/h13H,1-2H2,(H,7,8)(H,9,10)(H,11,12);1-2H2,(H,7,8)(H,9,10);2H2,1H3,(H,6,7);1H,(H,2,3);;1H4;1H2/p-6. The molecule has 0 spiro atoms. The fourth-order valence-electron chi connectivity index (χ4n) is 1.27. The van der Waals surface area contributed by atoms with Crippen LogP contribution in [0.2, 0.25) is 0 Å². The SMILES string of the molecule is C.CC(=O)CC(=O)[O-].O.O=C([O-])CC(=O)CC(=O)[O-].O=C([O-])CC(O)(CC(=O)[O-])C(=O)[O-].O=C=O.O=CO. The summed E-state index contributed by atoms with van der Waals surface area (Å²) in [6.07, 6.45) is -4.67. The average Bonchev–Trinajstić information content (AvgIpc) is 2.59. The Kier molecular flexibility index (Phi) is 39.4. The van der Waals surface area contributed by atoms with Crippen LogP contribution in [0.4, 0.5) is 0 Å². The Morgan fingerprint density at radius 3 is 1.05 bits per heavy atom. The zero-order valence-corrected chi connectivity index (χ0v) is 18.4. The van der Waals surface area contributed by atoms with Gasteiger partial charge >= 0.3 is 6.15 Å². The third kappa shape index (κ3) is 52.7. The van der Waals surface area contributed by atoms with Crippen molar-refractivity contribution in [3.8, 4) is 0 Å². The van der Waals surface area contributed by atoms with Gasteiger partial charge in [-0.3, -0.25) is 14.4 Å². The van der Waals surface area contributed by atoms with Crippen molar-refractivity contribution in [2.75, 3.05) is 0 Å². The van der Waals surface area contributed by atoms with E-state index in [1.54, 1.807) is 0 Å². The van der Waals surface area contributed by atoms with Gasteiger partial charge in [-0.25, -0.2) is 0 Å². The molecule has 0 aromatic rings. The lowest BCUT2D eigenvalue weighted by Crippen LogP contribution is -2.54. The zero-order chi connectivity index (χ0) is 30.1. The predicted octanol–water partition coefficient (Wildman–Crippen LogP) is -10.8. The highest BCUT2D eigenvalue weighted by Crippen LogP contribution is 2.13. The molecule has 20 heteroatoms. The molecule has 0 aromatic heterocycles. The number of carboxylic acid groups (broad SMARTS) is 7. The second-order valence-corrected chi connectivity index (χ2v) is 5.49. The molecule has 20 nitrogen and oxygen atoms in total. The normalized spacial score (nSPS) is 8.05. The summed E-state index contributed by atoms with van der Waals surface area (Å²) < 4.78 is 0. The van der Waals surface area contributed by atoms with Crippen LogP contribution in [-0.2, 0) is 52.7 Å². The minimum absolute atomic E-state index is 0. The van der Waals surface area contributed by atoms with Crippen molar-refractivity contribution in [2.45, 2.75) is 52.1 Å². The van der Waals surface area contributed by atoms with Crippen molar-refractivity contribution < 1.29 is 99.1 Å². The van der Waals surface area contributed by atoms with Crippen LogP contribution in [0.15, 0.2) is 0 Å². The van der Waals surface area contributed by atoms with E-state index < -0.39 is 79.3 Å². The van der Waals surface area contributed by atoms with Crippen LogP contribution < -0.4 is 30.6 Å². The molecule has 0 aliphatic carbocycles. The van der Waals surface area contributed by atoms with E-state index in [2.05, 4.69) is 0 Å². The van der Waals surface area contributed by atoms with Crippen molar-refractivity contribution in [3.05, 3.63) is 0 Å². The second kappa shape index (κ2) is 30.0. The maximum atomic E-state index is 10.2. The van der Waals surface area contributed by atoms with E-state index >= 15 is 0 Å². The first kappa shape index (κ1) is 49.9. The molecule has 0 amide bonds. The van der Waals surface area contributed by atoms with Crippen LogP contribution in [0.3, 0.4) is 0 Å². The van der Waals surface area contributed by atoms with Gasteiger partial charge in [0.1, 0.15) is 17.2 Å². The van der Waals surface area contributed by atoms with Crippen molar-refractivity contribution in [1.82, 2.24) is 0 Å². The highest BCUT2D eigenvalue weighted by molar-refractivity contribution is 6.01. The number of carbonyl (C=O) groups is 9. The summed E-state index contributed by atoms with van der Waals surface area (Å²) in [5, 5.41) is 74.6. The fraction of sp³-hybridized carbons (Fsp3) is 0.444. The highest BCUT2D eigenvalue weighted by atomic mass is 16.4. The number of carboxylic acids is 6. The molecule has 38 heavy (non-hydrogen) atoms. The zero-order valence-electron chi connectivity index (χ0n) is 18.4. The lowest BCUT2D eigenvalue weighted by atomic mass is 9.96. The topological polar surface area (TPSA) is 398 Å². The van der Waals surface area contributed by atoms with Gasteiger partial charge in [0.15, 0.2) is 0 Å². The van der Waals surface area contributed by atoms with E-state index in [1.165, 1.54) is 6.92 Å². The third-order valence-electron chi connectivity index (χ3n) is 2.33. The Hall–Kier alpha value is -5.07. The number of aliphatic hydroxyl groups is 1. The summed E-state index contributed by atoms with van der Waals surface area (Å²) in [5.74, 6) is -11.7. The Morgan fingerprint density at radius 2 is 0.947 bits per heavy atom. The Labute approximate surface area is 212 Å². The van der Waals surface area contributed by atoms with Crippen molar-refractivity contribution >= 4 is 60.0 Å². The molecule has 0 unspecified atom stereocenters. The summed E-state index contributed by atoms with van der Waals surface area (Å²) in [6, 6.07) is 0. The van der Waals surface area contributed by atoms with Crippen molar-refractivity contribution in [3.63, 3.8) is 0 Å². The van der Waals surface area contributed by atoms with Crippen LogP contribution in [0.25, 0.3) is 0 Å². The van der Waals surface area contributed by atoms with E-state index in [0.29, 0.717) is 0 Å². The van der Waals surface area contributed by atoms with E-state index in [4.69, 9.17) is 24.6 Å². The summed E-state index contributed by atoms with van der Waals surface area (Å²) in [7, 11) is 0. The quantitative estimate of drug-likeness (QED) is 0.175. The summed E-state index contributed by atoms with van der Waals surface area (Å²) in [5.41, 5.74) is -2.97. The van der Waals surface area contributed by atoms with Crippen LogP contribution in [-0.4, -0.2) is 81.3 Å². The smallest absolute Gasteiger partial charge is 0.373 e. The number of aliphatic carboxylic acids is 6. The minimum atomic E-state index is -2.97. The molecule has 0 aliphatic rings. The lowest BCUT2D eigenvalue weighted by Gasteiger charge is -2.29. The van der Waals surface area contributed by atoms with Crippen molar-refractivity contribution in [1.29, 1.82) is 0 Å². The molecule has 0 aromatic carbocycles. The molecule has 0 radical (unpaired) electrons. The van der Waals surface area contributed by atoms with Gasteiger partial charge in [-0.2, -0.15) is 9.59 Å². The first-order chi connectivity index (χ1) is 16.3. The van der Waals surface area contributed by atoms with Gasteiger partial charge in [0, 0.05) is 62.0 Å². The monoisotopic (exact) mass is 558 g/mol. The minimum Gasteiger partial charge on any atom is -0.550 e. The summed E-state index contributed by atoms with van der Waals surface area (Å²) >= 11 is 0. The molecule has 220 valence electrons.